The predicted octanol–water partition coefficient (Wildman–Crippen LogP) is 0.145. The van der Waals surface area contributed by atoms with E-state index in [4.69, 9.17) is 22.7 Å². The molecule has 0 spiro atoms. The van der Waals surface area contributed by atoms with Crippen LogP contribution < -0.4 is 16.2 Å². The van der Waals surface area contributed by atoms with Crippen molar-refractivity contribution in [3.63, 3.8) is 0 Å². The number of aryl methyl sites for hydroxylation is 1. The Balaban J connectivity index is 2.07. The normalized spacial score (nSPS) is 18.8. The fourth-order valence-electron chi connectivity index (χ4n) is 2.14. The molecule has 1 unspecified atom stereocenters. The molecule has 0 aromatic carbocycles. The van der Waals surface area contributed by atoms with Crippen molar-refractivity contribution in [2.75, 3.05) is 25.1 Å². The van der Waals surface area contributed by atoms with Crippen LogP contribution in [0, 0.1) is 0 Å². The zero-order valence-electron chi connectivity index (χ0n) is 10.9. The third kappa shape index (κ3) is 3.51. The molecule has 1 aromatic rings. The van der Waals surface area contributed by atoms with Crippen LogP contribution >= 0.6 is 12.2 Å². The molecule has 2 N–H and O–H groups in total. The van der Waals surface area contributed by atoms with Gasteiger partial charge in [0.15, 0.2) is 0 Å². The smallest absolute Gasteiger partial charge is 0.268 e. The van der Waals surface area contributed by atoms with E-state index in [0.717, 1.165) is 25.2 Å². The number of methoxy groups -OCH3 is 1. The van der Waals surface area contributed by atoms with E-state index in [9.17, 15) is 4.79 Å². The molecule has 1 aliphatic heterocycles. The molecule has 104 valence electrons. The Labute approximate surface area is 117 Å². The van der Waals surface area contributed by atoms with E-state index in [0.29, 0.717) is 18.0 Å². The van der Waals surface area contributed by atoms with Crippen molar-refractivity contribution in [1.82, 2.24) is 9.78 Å². The fourth-order valence-corrected chi connectivity index (χ4v) is 2.23. The van der Waals surface area contributed by atoms with Gasteiger partial charge in [0.05, 0.1) is 29.5 Å². The third-order valence-electron chi connectivity index (χ3n) is 3.27. The minimum Gasteiger partial charge on any atom is -0.393 e. The molecule has 2 heterocycles. The van der Waals surface area contributed by atoms with Gasteiger partial charge in [0.2, 0.25) is 0 Å². The second kappa shape index (κ2) is 6.12. The largest absolute Gasteiger partial charge is 0.393 e. The van der Waals surface area contributed by atoms with Gasteiger partial charge in [0.25, 0.3) is 5.56 Å². The van der Waals surface area contributed by atoms with Gasteiger partial charge in [-0.25, -0.2) is 4.68 Å². The van der Waals surface area contributed by atoms with Crippen molar-refractivity contribution in [2.45, 2.75) is 25.5 Å². The Morgan fingerprint density at radius 3 is 3.05 bits per heavy atom. The van der Waals surface area contributed by atoms with Crippen LogP contribution in [0.2, 0.25) is 0 Å². The zero-order valence-corrected chi connectivity index (χ0v) is 11.7. The van der Waals surface area contributed by atoms with Crippen molar-refractivity contribution < 1.29 is 4.74 Å². The van der Waals surface area contributed by atoms with Crippen LogP contribution in [-0.2, 0) is 11.3 Å². The van der Waals surface area contributed by atoms with Crippen LogP contribution in [0.5, 0.6) is 0 Å². The van der Waals surface area contributed by atoms with Crippen molar-refractivity contribution >= 4 is 22.9 Å². The summed E-state index contributed by atoms with van der Waals surface area (Å²) in [4.78, 5) is 14.4. The van der Waals surface area contributed by atoms with Crippen molar-refractivity contribution in [2.24, 2.45) is 5.73 Å². The van der Waals surface area contributed by atoms with Crippen LogP contribution in [0.1, 0.15) is 12.8 Å². The Morgan fingerprint density at radius 1 is 1.68 bits per heavy atom. The van der Waals surface area contributed by atoms with E-state index in [-0.39, 0.29) is 11.7 Å². The summed E-state index contributed by atoms with van der Waals surface area (Å²) in [5, 5.41) is 4.15. The van der Waals surface area contributed by atoms with Crippen LogP contribution in [0.3, 0.4) is 0 Å². The lowest BCUT2D eigenvalue weighted by atomic mass is 10.3. The highest BCUT2D eigenvalue weighted by atomic mass is 32.1. The fraction of sp³-hybridized carbons (Fsp3) is 0.583. The van der Waals surface area contributed by atoms with E-state index < -0.39 is 0 Å². The second-order valence-corrected chi connectivity index (χ2v) is 5.11. The lowest BCUT2D eigenvalue weighted by Crippen LogP contribution is -2.28. The predicted molar refractivity (Wildman–Crippen MR) is 77.5 cm³/mol. The quantitative estimate of drug-likeness (QED) is 0.775. The second-order valence-electron chi connectivity index (χ2n) is 4.58. The van der Waals surface area contributed by atoms with Crippen LogP contribution in [0.15, 0.2) is 17.1 Å². The summed E-state index contributed by atoms with van der Waals surface area (Å²) in [5.41, 5.74) is 6.13. The van der Waals surface area contributed by atoms with Crippen LogP contribution in [0.25, 0.3) is 0 Å². The van der Waals surface area contributed by atoms with Gasteiger partial charge in [-0.3, -0.25) is 4.79 Å². The molecule has 2 rings (SSSR count). The molecule has 1 saturated heterocycles. The lowest BCUT2D eigenvalue weighted by Gasteiger charge is -2.18. The number of aromatic nitrogens is 2. The molecule has 19 heavy (non-hydrogen) atoms. The van der Waals surface area contributed by atoms with Gasteiger partial charge in [-0.2, -0.15) is 5.10 Å². The molecular formula is C12H18N4O2S. The number of anilines is 1. The molecule has 0 saturated carbocycles. The van der Waals surface area contributed by atoms with E-state index in [1.807, 2.05) is 0 Å². The number of rotatable bonds is 5. The molecule has 1 aliphatic rings. The summed E-state index contributed by atoms with van der Waals surface area (Å²) in [6.45, 7) is 2.11. The molecule has 0 amide bonds. The molecule has 0 radical (unpaired) electrons. The highest BCUT2D eigenvalue weighted by molar-refractivity contribution is 7.80. The molecule has 6 nitrogen and oxygen atoms in total. The van der Waals surface area contributed by atoms with Gasteiger partial charge < -0.3 is 15.4 Å². The highest BCUT2D eigenvalue weighted by Crippen LogP contribution is 2.19. The van der Waals surface area contributed by atoms with Gasteiger partial charge in [-0.05, 0) is 6.42 Å². The maximum Gasteiger partial charge on any atom is 0.268 e. The summed E-state index contributed by atoms with van der Waals surface area (Å²) < 4.78 is 6.69. The van der Waals surface area contributed by atoms with Crippen molar-refractivity contribution in [1.29, 1.82) is 0 Å². The van der Waals surface area contributed by atoms with E-state index in [2.05, 4.69) is 10.00 Å². The minimum absolute atomic E-state index is 0.130. The summed E-state index contributed by atoms with van der Waals surface area (Å²) in [6, 6.07) is 1.60. The van der Waals surface area contributed by atoms with Gasteiger partial charge in [-0.1, -0.05) is 12.2 Å². The van der Waals surface area contributed by atoms with Crippen molar-refractivity contribution in [3.05, 3.63) is 22.6 Å². The third-order valence-corrected chi connectivity index (χ3v) is 3.47. The first kappa shape index (κ1) is 14.0. The molecule has 1 fully saturated rings. The number of ether oxygens (including phenoxy) is 1. The number of hydrogen-bond donors (Lipinski definition) is 1. The maximum absolute atomic E-state index is 11.9. The first-order chi connectivity index (χ1) is 9.10. The van der Waals surface area contributed by atoms with Gasteiger partial charge in [0, 0.05) is 32.7 Å². The average Bonchev–Trinajstić information content (AvgIpc) is 2.85. The lowest BCUT2D eigenvalue weighted by molar-refractivity contribution is 0.121. The average molecular weight is 282 g/mol. The standard InChI is InChI=1S/C12H18N4O2S/c1-18-10-2-4-15(8-10)9-6-12(17)16(14-7-9)5-3-11(13)19/h6-7,10H,2-5,8H2,1H3,(H2,13,19). The molecule has 1 aromatic heterocycles. The number of nitrogens with zero attached hydrogens (tertiary/aromatic N) is 3. The molecule has 7 heteroatoms. The summed E-state index contributed by atoms with van der Waals surface area (Å²) in [6.07, 6.45) is 3.40. The number of thiocarbonyl (C=S) groups is 1. The molecule has 0 bridgehead atoms. The van der Waals surface area contributed by atoms with Crippen molar-refractivity contribution in [3.8, 4) is 0 Å². The Bertz CT molecular complexity index is 517. The minimum atomic E-state index is -0.130. The maximum atomic E-state index is 11.9. The summed E-state index contributed by atoms with van der Waals surface area (Å²) in [7, 11) is 1.71. The Kier molecular flexibility index (Phi) is 4.49. The van der Waals surface area contributed by atoms with E-state index in [1.54, 1.807) is 19.4 Å². The Morgan fingerprint density at radius 2 is 2.47 bits per heavy atom. The number of hydrogen-bond acceptors (Lipinski definition) is 5. The Hall–Kier alpha value is -1.47. The first-order valence-corrected chi connectivity index (χ1v) is 6.64. The van der Waals surface area contributed by atoms with Gasteiger partial charge >= 0.3 is 0 Å². The van der Waals surface area contributed by atoms with Crippen LogP contribution in [0.4, 0.5) is 5.69 Å². The van der Waals surface area contributed by atoms with Crippen LogP contribution in [-0.4, -0.2) is 41.1 Å². The molecular weight excluding hydrogens is 264 g/mol. The number of nitrogens with two attached hydrogens (primary N) is 1. The summed E-state index contributed by atoms with van der Waals surface area (Å²) >= 11 is 4.79. The molecule has 1 atom stereocenters. The summed E-state index contributed by atoms with van der Waals surface area (Å²) in [5.74, 6) is 0. The van der Waals surface area contributed by atoms with Gasteiger partial charge in [-0.15, -0.1) is 0 Å². The van der Waals surface area contributed by atoms with E-state index >= 15 is 0 Å². The van der Waals surface area contributed by atoms with Gasteiger partial charge in [0.1, 0.15) is 0 Å². The monoisotopic (exact) mass is 282 g/mol. The SMILES string of the molecule is COC1CCN(c2cnn(CCC(N)=S)c(=O)c2)C1. The zero-order chi connectivity index (χ0) is 13.8. The van der Waals surface area contributed by atoms with E-state index in [1.165, 1.54) is 4.68 Å². The highest BCUT2D eigenvalue weighted by Gasteiger charge is 2.22. The molecule has 0 aliphatic carbocycles. The first-order valence-electron chi connectivity index (χ1n) is 6.23. The topological polar surface area (TPSA) is 73.4 Å².